The van der Waals surface area contributed by atoms with Gasteiger partial charge in [-0.1, -0.05) is 17.7 Å². The molecule has 1 aliphatic carbocycles. The Balaban J connectivity index is 2.27. The van der Waals surface area contributed by atoms with Gasteiger partial charge in [-0.15, -0.1) is 11.8 Å². The van der Waals surface area contributed by atoms with Crippen molar-refractivity contribution in [3.63, 3.8) is 0 Å². The molecule has 0 aliphatic heterocycles. The van der Waals surface area contributed by atoms with Gasteiger partial charge in [-0.05, 0) is 49.3 Å². The molecule has 1 atom stereocenters. The monoisotopic (exact) mass is 262 g/mol. The van der Waals surface area contributed by atoms with Gasteiger partial charge in [0, 0.05) is 4.90 Å². The van der Waals surface area contributed by atoms with E-state index in [0.29, 0.717) is 0 Å². The van der Waals surface area contributed by atoms with E-state index in [1.54, 1.807) is 11.8 Å². The number of hydrogen-bond donors (Lipinski definition) is 0. The quantitative estimate of drug-likeness (QED) is 0.615. The molecule has 0 saturated heterocycles. The van der Waals surface area contributed by atoms with Crippen LogP contribution in [0.4, 0.5) is 0 Å². The summed E-state index contributed by atoms with van der Waals surface area (Å²) in [5.41, 5.74) is 3.79. The second kappa shape index (κ2) is 5.61. The molecular formula is C15H18O2S. The van der Waals surface area contributed by atoms with Crippen molar-refractivity contribution >= 4 is 23.8 Å². The van der Waals surface area contributed by atoms with Crippen LogP contribution in [-0.4, -0.2) is 19.3 Å². The van der Waals surface area contributed by atoms with Crippen molar-refractivity contribution < 1.29 is 9.53 Å². The van der Waals surface area contributed by atoms with E-state index in [-0.39, 0.29) is 11.9 Å². The fourth-order valence-corrected chi connectivity index (χ4v) is 2.75. The number of hydrogen-bond acceptors (Lipinski definition) is 3. The lowest BCUT2D eigenvalue weighted by molar-refractivity contribution is -0.143. The number of benzene rings is 1. The van der Waals surface area contributed by atoms with Crippen LogP contribution in [0.1, 0.15) is 24.5 Å². The third-order valence-electron chi connectivity index (χ3n) is 3.48. The van der Waals surface area contributed by atoms with Crippen molar-refractivity contribution in [3.05, 3.63) is 34.9 Å². The molecule has 0 saturated carbocycles. The zero-order chi connectivity index (χ0) is 13.1. The molecule has 2 nitrogen and oxygen atoms in total. The Morgan fingerprint density at radius 1 is 1.39 bits per heavy atom. The summed E-state index contributed by atoms with van der Waals surface area (Å²) < 4.78 is 4.81. The van der Waals surface area contributed by atoms with Crippen LogP contribution in [0.25, 0.3) is 6.08 Å². The summed E-state index contributed by atoms with van der Waals surface area (Å²) in [5, 5.41) is 0. The predicted octanol–water partition coefficient (Wildman–Crippen LogP) is 3.55. The summed E-state index contributed by atoms with van der Waals surface area (Å²) in [4.78, 5) is 12.9. The number of esters is 1. The van der Waals surface area contributed by atoms with Crippen molar-refractivity contribution in [2.75, 3.05) is 13.4 Å². The molecule has 0 heterocycles. The van der Waals surface area contributed by atoms with E-state index in [4.69, 9.17) is 4.74 Å². The lowest BCUT2D eigenvalue weighted by Gasteiger charge is -2.20. The summed E-state index contributed by atoms with van der Waals surface area (Å²) in [7, 11) is 1.45. The molecular weight excluding hydrogens is 244 g/mol. The molecule has 1 aromatic rings. The second-order valence-electron chi connectivity index (χ2n) is 4.53. The van der Waals surface area contributed by atoms with Gasteiger partial charge in [-0.25, -0.2) is 0 Å². The third kappa shape index (κ3) is 2.61. The Bertz CT molecular complexity index is 491. The fourth-order valence-electron chi connectivity index (χ4n) is 2.29. The van der Waals surface area contributed by atoms with E-state index in [2.05, 4.69) is 30.5 Å². The van der Waals surface area contributed by atoms with E-state index in [9.17, 15) is 4.79 Å². The molecule has 0 spiro atoms. The minimum atomic E-state index is -0.148. The van der Waals surface area contributed by atoms with E-state index in [0.717, 1.165) is 12.8 Å². The number of methoxy groups -OCH3 is 1. The zero-order valence-corrected chi connectivity index (χ0v) is 11.8. The number of carbonyl (C=O) groups is 1. The van der Waals surface area contributed by atoms with Gasteiger partial charge in [0.1, 0.15) is 0 Å². The van der Waals surface area contributed by atoms with Crippen molar-refractivity contribution in [2.45, 2.75) is 24.7 Å². The summed E-state index contributed by atoms with van der Waals surface area (Å²) in [5.74, 6) is -0.284. The van der Waals surface area contributed by atoms with Crippen LogP contribution in [0, 0.1) is 5.92 Å². The average Bonchev–Trinajstić information content (AvgIpc) is 2.44. The maximum absolute atomic E-state index is 11.6. The minimum Gasteiger partial charge on any atom is -0.469 e. The third-order valence-corrected chi connectivity index (χ3v) is 4.21. The van der Waals surface area contributed by atoms with Crippen molar-refractivity contribution in [3.8, 4) is 0 Å². The van der Waals surface area contributed by atoms with Crippen LogP contribution in [0.3, 0.4) is 0 Å². The van der Waals surface area contributed by atoms with Gasteiger partial charge < -0.3 is 4.74 Å². The smallest absolute Gasteiger partial charge is 0.312 e. The maximum Gasteiger partial charge on any atom is 0.312 e. The first-order valence-electron chi connectivity index (χ1n) is 6.11. The van der Waals surface area contributed by atoms with Gasteiger partial charge in [0.05, 0.1) is 13.0 Å². The fraction of sp³-hybridized carbons (Fsp3) is 0.400. The van der Waals surface area contributed by atoms with Gasteiger partial charge in [0.25, 0.3) is 0 Å². The van der Waals surface area contributed by atoms with Crippen molar-refractivity contribution in [2.24, 2.45) is 5.92 Å². The highest BCUT2D eigenvalue weighted by molar-refractivity contribution is 7.98. The molecule has 18 heavy (non-hydrogen) atoms. The van der Waals surface area contributed by atoms with Crippen LogP contribution in [0.15, 0.2) is 28.7 Å². The van der Waals surface area contributed by atoms with Crippen LogP contribution < -0.4 is 0 Å². The number of rotatable bonds is 3. The minimum absolute atomic E-state index is 0.136. The largest absolute Gasteiger partial charge is 0.469 e. The van der Waals surface area contributed by atoms with Crippen molar-refractivity contribution in [1.82, 2.24) is 0 Å². The van der Waals surface area contributed by atoms with Gasteiger partial charge in [-0.3, -0.25) is 4.79 Å². The highest BCUT2D eigenvalue weighted by Crippen LogP contribution is 2.31. The first-order chi connectivity index (χ1) is 8.65. The Hall–Kier alpha value is -1.22. The maximum atomic E-state index is 11.6. The zero-order valence-electron chi connectivity index (χ0n) is 11.0. The Labute approximate surface area is 112 Å². The Kier molecular flexibility index (Phi) is 4.12. The highest BCUT2D eigenvalue weighted by atomic mass is 32.2. The summed E-state index contributed by atoms with van der Waals surface area (Å²) >= 11 is 1.76. The molecule has 0 aromatic heterocycles. The van der Waals surface area contributed by atoms with E-state index < -0.39 is 0 Å². The molecule has 1 unspecified atom stereocenters. The van der Waals surface area contributed by atoms with Crippen LogP contribution in [-0.2, 0) is 16.0 Å². The lowest BCUT2D eigenvalue weighted by atomic mass is 9.86. The number of aryl methyl sites for hydroxylation is 1. The Morgan fingerprint density at radius 2 is 2.17 bits per heavy atom. The van der Waals surface area contributed by atoms with Gasteiger partial charge in [-0.2, -0.15) is 0 Å². The normalized spacial score (nSPS) is 15.6. The first kappa shape index (κ1) is 13.2. The number of fused-ring (bicyclic) bond motifs is 1. The molecule has 1 aromatic carbocycles. The van der Waals surface area contributed by atoms with E-state index in [1.807, 2.05) is 6.92 Å². The summed E-state index contributed by atoms with van der Waals surface area (Å²) in [6, 6.07) is 6.52. The number of carbonyl (C=O) groups excluding carboxylic acids is 1. The predicted molar refractivity (Wildman–Crippen MR) is 75.7 cm³/mol. The molecule has 96 valence electrons. The molecule has 0 N–H and O–H groups in total. The number of thioether (sulfide) groups is 1. The SMILES string of the molecule is COC(=O)C(C)C1=Cc2ccc(SC)cc2CC1. The van der Waals surface area contributed by atoms with Crippen LogP contribution in [0.2, 0.25) is 0 Å². The molecule has 0 radical (unpaired) electrons. The number of ether oxygens (including phenoxy) is 1. The summed E-state index contributed by atoms with van der Waals surface area (Å²) in [6.45, 7) is 1.92. The average molecular weight is 262 g/mol. The summed E-state index contributed by atoms with van der Waals surface area (Å²) in [6.07, 6.45) is 6.19. The first-order valence-corrected chi connectivity index (χ1v) is 7.33. The van der Waals surface area contributed by atoms with Crippen LogP contribution >= 0.6 is 11.8 Å². The van der Waals surface area contributed by atoms with Gasteiger partial charge in [0.2, 0.25) is 0 Å². The van der Waals surface area contributed by atoms with Crippen LogP contribution in [0.5, 0.6) is 0 Å². The molecule has 3 heteroatoms. The van der Waals surface area contributed by atoms with Gasteiger partial charge in [0.15, 0.2) is 0 Å². The molecule has 0 amide bonds. The molecule has 0 fully saturated rings. The highest BCUT2D eigenvalue weighted by Gasteiger charge is 2.21. The molecule has 0 bridgehead atoms. The van der Waals surface area contributed by atoms with E-state index >= 15 is 0 Å². The standard InChI is InChI=1S/C15H18O2S/c1-10(15(16)17-2)11-4-5-13-9-14(18-3)7-6-12(13)8-11/h6-10H,4-5H2,1-3H3. The Morgan fingerprint density at radius 3 is 2.83 bits per heavy atom. The topological polar surface area (TPSA) is 26.3 Å². The van der Waals surface area contributed by atoms with E-state index in [1.165, 1.54) is 28.7 Å². The molecule has 1 aliphatic rings. The molecule has 2 rings (SSSR count). The van der Waals surface area contributed by atoms with Crippen molar-refractivity contribution in [1.29, 1.82) is 0 Å². The van der Waals surface area contributed by atoms with Gasteiger partial charge >= 0.3 is 5.97 Å². The lowest BCUT2D eigenvalue weighted by Crippen LogP contribution is -2.17. The second-order valence-corrected chi connectivity index (χ2v) is 5.41.